The number of carbonyl (C=O) groups is 2. The van der Waals surface area contributed by atoms with E-state index in [-0.39, 0.29) is 22.5 Å². The van der Waals surface area contributed by atoms with Gasteiger partial charge in [0.2, 0.25) is 6.29 Å². The minimum Gasteiger partial charge on any atom is -0.507 e. The Kier molecular flexibility index (Phi) is 10.5. The predicted octanol–water partition coefficient (Wildman–Crippen LogP) is 0.346. The van der Waals surface area contributed by atoms with E-state index in [0.29, 0.717) is 11.3 Å². The molecule has 1 aromatic heterocycles. The summed E-state index contributed by atoms with van der Waals surface area (Å²) in [6.45, 7) is 3.13. The Bertz CT molecular complexity index is 1670. The van der Waals surface area contributed by atoms with Gasteiger partial charge in [-0.3, -0.25) is 14.4 Å². The summed E-state index contributed by atoms with van der Waals surface area (Å²) in [7, 11) is 1.51. The molecule has 0 radical (unpaired) electrons. The molecule has 2 fully saturated rings. The summed E-state index contributed by atoms with van der Waals surface area (Å²) in [6.07, 6.45) is -14.8. The van der Waals surface area contributed by atoms with Crippen LogP contribution in [0.15, 0.2) is 51.7 Å². The number of aliphatic hydroxyl groups excluding tert-OH is 4. The van der Waals surface area contributed by atoms with Crippen LogP contribution in [0.5, 0.6) is 17.2 Å². The normalized spacial score (nSPS) is 30.4. The van der Waals surface area contributed by atoms with Crippen LogP contribution in [-0.4, -0.2) is 113 Å². The molecule has 0 unspecified atom stereocenters. The summed E-state index contributed by atoms with van der Waals surface area (Å²) in [5.41, 5.74) is -0.0446. The fourth-order valence-electron chi connectivity index (χ4n) is 5.45. The number of ether oxygens (including phenoxy) is 7. The molecule has 3 heterocycles. The third-order valence-electron chi connectivity index (χ3n) is 7.87. The van der Waals surface area contributed by atoms with E-state index in [1.807, 2.05) is 0 Å². The van der Waals surface area contributed by atoms with Crippen molar-refractivity contribution in [3.8, 4) is 28.6 Å². The first-order valence-electron chi connectivity index (χ1n) is 14.9. The summed E-state index contributed by atoms with van der Waals surface area (Å²) in [4.78, 5) is 36.4. The summed E-state index contributed by atoms with van der Waals surface area (Å²) in [5, 5.41) is 53.1. The molecule has 0 aliphatic carbocycles. The van der Waals surface area contributed by atoms with Gasteiger partial charge in [0.05, 0.1) is 19.8 Å². The molecular weight excluding hydrogens is 640 g/mol. The molecule has 0 bridgehead atoms. The SMILES string of the molecule is COc1ccc(-c2cc(=O)c3c(O)cc(O[C@@H]4O[C@H](CO[C@@H]5O[C@@H](C)[C@H](O)[C@@H](OC(C)=O)[C@H]5OC(C)=O)[C@@H](O)[C@H](O)[C@H]4O)cc3o2)cc1. The molecule has 5 rings (SSSR count). The first-order chi connectivity index (χ1) is 22.8. The van der Waals surface area contributed by atoms with Crippen LogP contribution >= 0.6 is 0 Å². The number of methoxy groups -OCH3 is 1. The smallest absolute Gasteiger partial charge is 0.303 e. The number of hydrogen-bond donors (Lipinski definition) is 5. The quantitative estimate of drug-likeness (QED) is 0.193. The lowest BCUT2D eigenvalue weighted by molar-refractivity contribution is -0.320. The average molecular weight is 677 g/mol. The van der Waals surface area contributed by atoms with Crippen LogP contribution in [0.2, 0.25) is 0 Å². The van der Waals surface area contributed by atoms with E-state index in [1.165, 1.54) is 26.2 Å². The number of fused-ring (bicyclic) bond motifs is 1. The van der Waals surface area contributed by atoms with E-state index >= 15 is 0 Å². The first kappa shape index (κ1) is 35.0. The lowest BCUT2D eigenvalue weighted by Gasteiger charge is -2.43. The van der Waals surface area contributed by atoms with E-state index in [4.69, 9.17) is 37.6 Å². The lowest BCUT2D eigenvalue weighted by Crippen LogP contribution is -2.62. The van der Waals surface area contributed by atoms with Gasteiger partial charge in [-0.2, -0.15) is 0 Å². The second kappa shape index (κ2) is 14.4. The van der Waals surface area contributed by atoms with Crippen molar-refractivity contribution in [3.05, 3.63) is 52.7 Å². The molecule has 0 amide bonds. The molecule has 2 saturated heterocycles. The van der Waals surface area contributed by atoms with E-state index < -0.39 is 91.1 Å². The van der Waals surface area contributed by atoms with Gasteiger partial charge in [0.25, 0.3) is 0 Å². The molecule has 16 nitrogen and oxygen atoms in total. The van der Waals surface area contributed by atoms with Gasteiger partial charge < -0.3 is 63.1 Å². The maximum atomic E-state index is 12.9. The molecule has 260 valence electrons. The molecule has 0 saturated carbocycles. The minimum absolute atomic E-state index is 0.0568. The molecule has 2 aromatic carbocycles. The number of phenols is 1. The Morgan fingerprint density at radius 1 is 0.812 bits per heavy atom. The number of carbonyl (C=O) groups excluding carboxylic acids is 2. The maximum absolute atomic E-state index is 12.9. The largest absolute Gasteiger partial charge is 0.507 e. The highest BCUT2D eigenvalue weighted by Gasteiger charge is 2.50. The summed E-state index contributed by atoms with van der Waals surface area (Å²) >= 11 is 0. The zero-order chi connectivity index (χ0) is 34.9. The van der Waals surface area contributed by atoms with Gasteiger partial charge in [-0.1, -0.05) is 0 Å². The number of rotatable bonds is 9. The molecule has 0 spiro atoms. The fraction of sp³-hybridized carbons (Fsp3) is 0.469. The van der Waals surface area contributed by atoms with Crippen LogP contribution in [0.3, 0.4) is 0 Å². The zero-order valence-electron chi connectivity index (χ0n) is 26.2. The van der Waals surface area contributed by atoms with Crippen molar-refractivity contribution in [2.45, 2.75) is 82.2 Å². The number of hydrogen-bond acceptors (Lipinski definition) is 16. The van der Waals surface area contributed by atoms with Crippen LogP contribution in [0.4, 0.5) is 0 Å². The molecule has 10 atom stereocenters. The second-order valence-electron chi connectivity index (χ2n) is 11.3. The van der Waals surface area contributed by atoms with Crippen molar-refractivity contribution in [2.24, 2.45) is 0 Å². The molecule has 5 N–H and O–H groups in total. The van der Waals surface area contributed by atoms with Gasteiger partial charge in [-0.05, 0) is 31.2 Å². The van der Waals surface area contributed by atoms with Crippen molar-refractivity contribution in [2.75, 3.05) is 13.7 Å². The van der Waals surface area contributed by atoms with Crippen molar-refractivity contribution >= 4 is 22.9 Å². The third-order valence-corrected chi connectivity index (χ3v) is 7.87. The van der Waals surface area contributed by atoms with Crippen LogP contribution in [-0.2, 0) is 33.3 Å². The van der Waals surface area contributed by atoms with Crippen LogP contribution in [0.25, 0.3) is 22.3 Å². The standard InChI is InChI=1S/C32H36O16/c1-13-25(37)29(44-14(2)33)30(45-15(3)34)32(43-13)42-12-23-26(38)27(39)28(40)31(48-23)46-18-9-19(35)24-20(36)11-21(47-22(24)10-18)16-5-7-17(41-4)8-6-16/h5-11,13,23,25-32,35,37-40H,12H2,1-4H3/t13-,23+,25-,26+,27-,28+,29+,30+,31+,32+/m0/s1. The predicted molar refractivity (Wildman–Crippen MR) is 161 cm³/mol. The minimum atomic E-state index is -1.81. The van der Waals surface area contributed by atoms with Gasteiger partial charge >= 0.3 is 11.9 Å². The van der Waals surface area contributed by atoms with E-state index in [0.717, 1.165) is 19.9 Å². The Morgan fingerprint density at radius 2 is 1.48 bits per heavy atom. The second-order valence-corrected chi connectivity index (χ2v) is 11.3. The Labute approximate surface area is 272 Å². The maximum Gasteiger partial charge on any atom is 0.303 e. The van der Waals surface area contributed by atoms with Crippen LogP contribution < -0.4 is 14.9 Å². The highest BCUT2D eigenvalue weighted by Crippen LogP contribution is 2.34. The Hall–Kier alpha value is -4.29. The molecule has 48 heavy (non-hydrogen) atoms. The molecular formula is C32H36O16. The van der Waals surface area contributed by atoms with Crippen molar-refractivity contribution in [1.29, 1.82) is 0 Å². The van der Waals surface area contributed by atoms with Gasteiger partial charge in [0, 0.05) is 37.6 Å². The zero-order valence-corrected chi connectivity index (χ0v) is 26.2. The molecule has 3 aromatic rings. The number of aromatic hydroxyl groups is 1. The number of aliphatic hydroxyl groups is 4. The van der Waals surface area contributed by atoms with Gasteiger partial charge in [0.15, 0.2) is 23.9 Å². The van der Waals surface area contributed by atoms with Crippen LogP contribution in [0, 0.1) is 0 Å². The number of phenolic OH excluding ortho intramolecular Hbond substituents is 1. The fourth-order valence-corrected chi connectivity index (χ4v) is 5.45. The lowest BCUT2D eigenvalue weighted by atomic mass is 9.98. The van der Waals surface area contributed by atoms with Gasteiger partial charge in [-0.15, -0.1) is 0 Å². The number of esters is 2. The monoisotopic (exact) mass is 676 g/mol. The molecule has 2 aliphatic rings. The van der Waals surface area contributed by atoms with Gasteiger partial charge in [-0.25, -0.2) is 0 Å². The molecule has 2 aliphatic heterocycles. The van der Waals surface area contributed by atoms with Crippen molar-refractivity contribution in [1.82, 2.24) is 0 Å². The Balaban J connectivity index is 1.35. The van der Waals surface area contributed by atoms with E-state index in [2.05, 4.69) is 0 Å². The number of benzene rings is 2. The first-order valence-corrected chi connectivity index (χ1v) is 14.9. The summed E-state index contributed by atoms with van der Waals surface area (Å²) in [6, 6.07) is 10.3. The van der Waals surface area contributed by atoms with Crippen molar-refractivity contribution in [3.63, 3.8) is 0 Å². The van der Waals surface area contributed by atoms with E-state index in [9.17, 15) is 39.9 Å². The molecule has 16 heteroatoms. The van der Waals surface area contributed by atoms with Gasteiger partial charge in [0.1, 0.15) is 64.5 Å². The highest BCUT2D eigenvalue weighted by molar-refractivity contribution is 5.86. The topological polar surface area (TPSA) is 230 Å². The summed E-state index contributed by atoms with van der Waals surface area (Å²) < 4.78 is 44.4. The summed E-state index contributed by atoms with van der Waals surface area (Å²) in [5.74, 6) is -1.39. The average Bonchev–Trinajstić information content (AvgIpc) is 3.03. The van der Waals surface area contributed by atoms with E-state index in [1.54, 1.807) is 24.3 Å². The third kappa shape index (κ3) is 7.39. The van der Waals surface area contributed by atoms with Crippen molar-refractivity contribution < 1.29 is 72.7 Å². The Morgan fingerprint density at radius 3 is 2.12 bits per heavy atom. The highest BCUT2D eigenvalue weighted by atomic mass is 16.7. The van der Waals surface area contributed by atoms with Crippen LogP contribution in [0.1, 0.15) is 20.8 Å².